The van der Waals surface area contributed by atoms with Crippen LogP contribution in [-0.2, 0) is 0 Å². The quantitative estimate of drug-likeness (QED) is 0.833. The van der Waals surface area contributed by atoms with E-state index in [2.05, 4.69) is 12.2 Å². The Kier molecular flexibility index (Phi) is 4.70. The van der Waals surface area contributed by atoms with Gasteiger partial charge in [-0.1, -0.05) is 31.4 Å². The molecule has 1 amide bonds. The van der Waals surface area contributed by atoms with Crippen molar-refractivity contribution in [3.8, 4) is 0 Å². The number of carbonyl (C=O) groups excluding carboxylic acids is 1. The Morgan fingerprint density at radius 2 is 2.26 bits per heavy atom. The number of benzene rings is 1. The molecule has 0 saturated heterocycles. The summed E-state index contributed by atoms with van der Waals surface area (Å²) in [6.07, 6.45) is 4.99. The summed E-state index contributed by atoms with van der Waals surface area (Å²) in [5, 5.41) is 3.40. The smallest absolute Gasteiger partial charge is 0.252 e. The third-order valence-corrected chi connectivity index (χ3v) is 4.15. The van der Waals surface area contributed by atoms with Crippen molar-refractivity contribution in [1.82, 2.24) is 5.32 Å². The third kappa shape index (κ3) is 3.87. The molecule has 0 aliphatic heterocycles. The predicted octanol–water partition coefficient (Wildman–Crippen LogP) is 3.48. The molecule has 1 aliphatic rings. The Labute approximate surface area is 119 Å². The minimum atomic E-state index is -0.108. The number of nitrogens with one attached hydrogen (secondary N) is 1. The van der Waals surface area contributed by atoms with Gasteiger partial charge < -0.3 is 11.1 Å². The Balaban J connectivity index is 1.90. The van der Waals surface area contributed by atoms with Crippen molar-refractivity contribution in [3.05, 3.63) is 28.8 Å². The molecule has 3 nitrogen and oxygen atoms in total. The van der Waals surface area contributed by atoms with Crippen LogP contribution in [0.4, 0.5) is 5.69 Å². The standard InChI is InChI=1S/C15H21ClN2O/c1-10-3-2-4-11(7-10)9-18-15(19)13-6-5-12(17)8-14(13)16/h5-6,8,10-11H,2-4,7,9,17H2,1H3,(H,18,19). The minimum Gasteiger partial charge on any atom is -0.399 e. The average molecular weight is 281 g/mol. The maximum Gasteiger partial charge on any atom is 0.252 e. The fourth-order valence-corrected chi connectivity index (χ4v) is 3.07. The summed E-state index contributed by atoms with van der Waals surface area (Å²) in [7, 11) is 0. The lowest BCUT2D eigenvalue weighted by molar-refractivity contribution is 0.0941. The molecular weight excluding hydrogens is 260 g/mol. The summed E-state index contributed by atoms with van der Waals surface area (Å²) in [6, 6.07) is 4.99. The van der Waals surface area contributed by atoms with Gasteiger partial charge >= 0.3 is 0 Å². The number of rotatable bonds is 3. The molecule has 1 aliphatic carbocycles. The summed E-state index contributed by atoms with van der Waals surface area (Å²) in [5.74, 6) is 1.26. The fraction of sp³-hybridized carbons (Fsp3) is 0.533. The normalized spacial score (nSPS) is 23.1. The van der Waals surface area contributed by atoms with Crippen LogP contribution in [-0.4, -0.2) is 12.5 Å². The molecule has 0 radical (unpaired) electrons. The molecule has 2 unspecified atom stereocenters. The van der Waals surface area contributed by atoms with E-state index in [4.69, 9.17) is 17.3 Å². The van der Waals surface area contributed by atoms with Gasteiger partial charge in [0.05, 0.1) is 10.6 Å². The third-order valence-electron chi connectivity index (χ3n) is 3.83. The fourth-order valence-electron chi connectivity index (χ4n) is 2.79. The largest absolute Gasteiger partial charge is 0.399 e. The molecule has 4 heteroatoms. The zero-order chi connectivity index (χ0) is 13.8. The number of nitrogen functional groups attached to an aromatic ring is 1. The summed E-state index contributed by atoms with van der Waals surface area (Å²) in [6.45, 7) is 3.02. The van der Waals surface area contributed by atoms with Gasteiger partial charge in [-0.05, 0) is 42.9 Å². The number of anilines is 1. The molecule has 2 rings (SSSR count). The molecule has 0 heterocycles. The van der Waals surface area contributed by atoms with Crippen molar-refractivity contribution >= 4 is 23.2 Å². The SMILES string of the molecule is CC1CCCC(CNC(=O)c2ccc(N)cc2Cl)C1. The van der Waals surface area contributed by atoms with Crippen LogP contribution in [0.1, 0.15) is 43.0 Å². The van der Waals surface area contributed by atoms with Crippen molar-refractivity contribution in [2.45, 2.75) is 32.6 Å². The van der Waals surface area contributed by atoms with Crippen LogP contribution in [0.3, 0.4) is 0 Å². The lowest BCUT2D eigenvalue weighted by Gasteiger charge is -2.26. The summed E-state index contributed by atoms with van der Waals surface area (Å²) in [5.41, 5.74) is 6.69. The molecule has 0 bridgehead atoms. The van der Waals surface area contributed by atoms with E-state index in [1.807, 2.05) is 0 Å². The summed E-state index contributed by atoms with van der Waals surface area (Å²) in [4.78, 5) is 12.1. The van der Waals surface area contributed by atoms with E-state index in [1.165, 1.54) is 25.7 Å². The number of hydrogen-bond donors (Lipinski definition) is 2. The second kappa shape index (κ2) is 6.29. The van der Waals surface area contributed by atoms with E-state index in [0.29, 0.717) is 22.2 Å². The topological polar surface area (TPSA) is 55.1 Å². The van der Waals surface area contributed by atoms with Crippen LogP contribution < -0.4 is 11.1 Å². The van der Waals surface area contributed by atoms with Crippen molar-refractivity contribution in [3.63, 3.8) is 0 Å². The van der Waals surface area contributed by atoms with Crippen molar-refractivity contribution < 1.29 is 4.79 Å². The number of halogens is 1. The number of hydrogen-bond acceptors (Lipinski definition) is 2. The van der Waals surface area contributed by atoms with E-state index < -0.39 is 0 Å². The maximum atomic E-state index is 12.1. The van der Waals surface area contributed by atoms with Crippen LogP contribution in [0.5, 0.6) is 0 Å². The minimum absolute atomic E-state index is 0.108. The molecule has 104 valence electrons. The highest BCUT2D eigenvalue weighted by Crippen LogP contribution is 2.28. The van der Waals surface area contributed by atoms with E-state index >= 15 is 0 Å². The second-order valence-corrected chi connectivity index (χ2v) is 5.99. The molecule has 1 aromatic carbocycles. The van der Waals surface area contributed by atoms with Crippen molar-refractivity contribution in [2.24, 2.45) is 11.8 Å². The van der Waals surface area contributed by atoms with E-state index in [-0.39, 0.29) is 5.91 Å². The Morgan fingerprint density at radius 1 is 1.47 bits per heavy atom. The highest BCUT2D eigenvalue weighted by atomic mass is 35.5. The van der Waals surface area contributed by atoms with E-state index in [0.717, 1.165) is 12.5 Å². The first kappa shape index (κ1) is 14.2. The molecular formula is C15H21ClN2O. The van der Waals surface area contributed by atoms with E-state index in [1.54, 1.807) is 18.2 Å². The van der Waals surface area contributed by atoms with Crippen LogP contribution in [0, 0.1) is 11.8 Å². The van der Waals surface area contributed by atoms with Crippen LogP contribution in [0.2, 0.25) is 5.02 Å². The first-order chi connectivity index (χ1) is 9.06. The van der Waals surface area contributed by atoms with Gasteiger partial charge in [0.2, 0.25) is 0 Å². The first-order valence-electron chi connectivity index (χ1n) is 6.89. The monoisotopic (exact) mass is 280 g/mol. The molecule has 2 atom stereocenters. The average Bonchev–Trinajstić information content (AvgIpc) is 2.36. The lowest BCUT2D eigenvalue weighted by atomic mass is 9.82. The van der Waals surface area contributed by atoms with Crippen molar-refractivity contribution in [2.75, 3.05) is 12.3 Å². The number of amides is 1. The Morgan fingerprint density at radius 3 is 2.95 bits per heavy atom. The Bertz CT molecular complexity index is 461. The summed E-state index contributed by atoms with van der Waals surface area (Å²) >= 11 is 6.03. The molecule has 0 aromatic heterocycles. The highest BCUT2D eigenvalue weighted by molar-refractivity contribution is 6.34. The van der Waals surface area contributed by atoms with Crippen molar-refractivity contribution in [1.29, 1.82) is 0 Å². The predicted molar refractivity (Wildman–Crippen MR) is 79.3 cm³/mol. The molecule has 1 aromatic rings. The van der Waals surface area contributed by atoms with Crippen LogP contribution in [0.25, 0.3) is 0 Å². The van der Waals surface area contributed by atoms with Gasteiger partial charge in [-0.2, -0.15) is 0 Å². The zero-order valence-corrected chi connectivity index (χ0v) is 12.0. The molecule has 19 heavy (non-hydrogen) atoms. The van der Waals surface area contributed by atoms with E-state index in [9.17, 15) is 4.79 Å². The highest BCUT2D eigenvalue weighted by Gasteiger charge is 2.20. The molecule has 1 fully saturated rings. The van der Waals surface area contributed by atoms with Gasteiger partial charge in [-0.15, -0.1) is 0 Å². The molecule has 0 spiro atoms. The van der Waals surface area contributed by atoms with Gasteiger partial charge in [0, 0.05) is 12.2 Å². The van der Waals surface area contributed by atoms with Gasteiger partial charge in [0.15, 0.2) is 0 Å². The molecule has 3 N–H and O–H groups in total. The lowest BCUT2D eigenvalue weighted by Crippen LogP contribution is -2.31. The van der Waals surface area contributed by atoms with Crippen LogP contribution in [0.15, 0.2) is 18.2 Å². The maximum absolute atomic E-state index is 12.1. The first-order valence-corrected chi connectivity index (χ1v) is 7.27. The zero-order valence-electron chi connectivity index (χ0n) is 11.3. The molecule has 1 saturated carbocycles. The second-order valence-electron chi connectivity index (χ2n) is 5.59. The number of nitrogens with two attached hydrogens (primary N) is 1. The van der Waals surface area contributed by atoms with Gasteiger partial charge in [0.25, 0.3) is 5.91 Å². The van der Waals surface area contributed by atoms with Crippen LogP contribution >= 0.6 is 11.6 Å². The van der Waals surface area contributed by atoms with Gasteiger partial charge in [-0.25, -0.2) is 0 Å². The van der Waals surface area contributed by atoms with Gasteiger partial charge in [-0.3, -0.25) is 4.79 Å². The number of carbonyl (C=O) groups is 1. The summed E-state index contributed by atoms with van der Waals surface area (Å²) < 4.78 is 0. The Hall–Kier alpha value is -1.22. The van der Waals surface area contributed by atoms with Gasteiger partial charge in [0.1, 0.15) is 0 Å².